The van der Waals surface area contributed by atoms with Crippen LogP contribution in [0, 0.1) is 6.92 Å². The minimum absolute atomic E-state index is 0.0427. The number of aromatic nitrogens is 2. The normalized spacial score (nSPS) is 11.3. The van der Waals surface area contributed by atoms with E-state index in [1.165, 1.54) is 16.6 Å². The third-order valence-electron chi connectivity index (χ3n) is 5.93. The number of imidazole rings is 1. The molecule has 4 aromatic rings. The van der Waals surface area contributed by atoms with Gasteiger partial charge in [-0.05, 0) is 54.7 Å². The van der Waals surface area contributed by atoms with Gasteiger partial charge >= 0.3 is 0 Å². The predicted molar refractivity (Wildman–Crippen MR) is 136 cm³/mol. The van der Waals surface area contributed by atoms with Crippen molar-refractivity contribution in [3.05, 3.63) is 107 Å². The van der Waals surface area contributed by atoms with Gasteiger partial charge in [0.25, 0.3) is 0 Å². The van der Waals surface area contributed by atoms with Crippen LogP contribution in [0.25, 0.3) is 17.1 Å². The zero-order valence-electron chi connectivity index (χ0n) is 19.2. The number of amides is 1. The van der Waals surface area contributed by atoms with Crippen LogP contribution in [-0.2, 0) is 17.8 Å². The van der Waals surface area contributed by atoms with E-state index in [1.807, 2.05) is 42.5 Å². The maximum Gasteiger partial charge on any atom is 0.243 e. The van der Waals surface area contributed by atoms with Crippen LogP contribution >= 0.6 is 0 Å². The molecule has 0 unspecified atom stereocenters. The molecule has 33 heavy (non-hydrogen) atoms. The molecule has 0 fully saturated rings. The number of nitrogens with one attached hydrogen (secondary N) is 1. The van der Waals surface area contributed by atoms with Gasteiger partial charge in [0.15, 0.2) is 0 Å². The molecule has 168 valence electrons. The van der Waals surface area contributed by atoms with Crippen molar-refractivity contribution in [1.29, 1.82) is 0 Å². The molecule has 0 atom stereocenters. The molecule has 0 aliphatic rings. The molecule has 1 aromatic heterocycles. The molecule has 0 saturated heterocycles. The van der Waals surface area contributed by atoms with E-state index in [-0.39, 0.29) is 5.91 Å². The van der Waals surface area contributed by atoms with Gasteiger partial charge in [0.05, 0.1) is 11.0 Å². The van der Waals surface area contributed by atoms with Crippen LogP contribution in [0.15, 0.2) is 84.9 Å². The number of unbranched alkanes of at least 4 members (excludes halogenated alkanes) is 2. The van der Waals surface area contributed by atoms with Crippen molar-refractivity contribution in [2.24, 2.45) is 0 Å². The fourth-order valence-electron chi connectivity index (χ4n) is 4.04. The Morgan fingerprint density at radius 2 is 1.67 bits per heavy atom. The second-order valence-electron chi connectivity index (χ2n) is 8.38. The lowest BCUT2D eigenvalue weighted by Crippen LogP contribution is -2.22. The smallest absolute Gasteiger partial charge is 0.243 e. The second-order valence-corrected chi connectivity index (χ2v) is 8.38. The molecule has 1 N–H and O–H groups in total. The molecule has 4 rings (SSSR count). The highest BCUT2D eigenvalue weighted by atomic mass is 16.1. The molecule has 3 aromatic carbocycles. The Morgan fingerprint density at radius 1 is 0.909 bits per heavy atom. The van der Waals surface area contributed by atoms with E-state index in [0.717, 1.165) is 49.1 Å². The van der Waals surface area contributed by atoms with Gasteiger partial charge in [0.1, 0.15) is 5.82 Å². The highest BCUT2D eigenvalue weighted by Gasteiger charge is 2.11. The van der Waals surface area contributed by atoms with Gasteiger partial charge < -0.3 is 9.88 Å². The molecule has 0 aliphatic heterocycles. The molecule has 0 aliphatic carbocycles. The van der Waals surface area contributed by atoms with Crippen molar-refractivity contribution in [2.45, 2.75) is 39.2 Å². The molecule has 0 radical (unpaired) electrons. The monoisotopic (exact) mass is 437 g/mol. The highest BCUT2D eigenvalue weighted by molar-refractivity contribution is 5.91. The summed E-state index contributed by atoms with van der Waals surface area (Å²) in [5.41, 5.74) is 5.90. The summed E-state index contributed by atoms with van der Waals surface area (Å²) in [4.78, 5) is 16.9. The van der Waals surface area contributed by atoms with E-state index >= 15 is 0 Å². The second kappa shape index (κ2) is 11.3. The van der Waals surface area contributed by atoms with Gasteiger partial charge in [-0.1, -0.05) is 73.2 Å². The van der Waals surface area contributed by atoms with Crippen LogP contribution in [0.2, 0.25) is 0 Å². The first-order valence-corrected chi connectivity index (χ1v) is 11.7. The molecule has 0 spiro atoms. The van der Waals surface area contributed by atoms with E-state index in [0.29, 0.717) is 6.54 Å². The first-order chi connectivity index (χ1) is 16.2. The van der Waals surface area contributed by atoms with Crippen molar-refractivity contribution < 1.29 is 4.79 Å². The summed E-state index contributed by atoms with van der Waals surface area (Å²) >= 11 is 0. The third kappa shape index (κ3) is 6.19. The maximum atomic E-state index is 12.0. The van der Waals surface area contributed by atoms with Crippen LogP contribution in [-0.4, -0.2) is 22.0 Å². The SMILES string of the molecule is Cc1ccccc1Cn1c(CCCCCNC(=O)/C=C/c2ccccc2)nc2ccccc21. The zero-order chi connectivity index (χ0) is 22.9. The minimum atomic E-state index is -0.0427. The molecule has 0 bridgehead atoms. The van der Waals surface area contributed by atoms with Crippen molar-refractivity contribution in [3.63, 3.8) is 0 Å². The van der Waals surface area contributed by atoms with Crippen molar-refractivity contribution >= 4 is 23.0 Å². The number of carbonyl (C=O) groups is 1. The number of aryl methyl sites for hydroxylation is 2. The van der Waals surface area contributed by atoms with Gasteiger partial charge in [-0.2, -0.15) is 0 Å². The molecule has 1 amide bonds. The van der Waals surface area contributed by atoms with E-state index < -0.39 is 0 Å². The van der Waals surface area contributed by atoms with Crippen LogP contribution in [0.1, 0.15) is 41.8 Å². The number of benzene rings is 3. The fourth-order valence-corrected chi connectivity index (χ4v) is 4.04. The molecule has 4 heteroatoms. The number of carbonyl (C=O) groups excluding carboxylic acids is 1. The lowest BCUT2D eigenvalue weighted by Gasteiger charge is -2.11. The first kappa shape index (κ1) is 22.5. The van der Waals surface area contributed by atoms with Crippen LogP contribution in [0.4, 0.5) is 0 Å². The van der Waals surface area contributed by atoms with E-state index in [1.54, 1.807) is 6.08 Å². The summed E-state index contributed by atoms with van der Waals surface area (Å²) in [6, 6.07) is 26.8. The Kier molecular flexibility index (Phi) is 7.70. The van der Waals surface area contributed by atoms with Crippen molar-refractivity contribution in [3.8, 4) is 0 Å². The lowest BCUT2D eigenvalue weighted by molar-refractivity contribution is -0.116. The van der Waals surface area contributed by atoms with Crippen LogP contribution < -0.4 is 5.32 Å². The van der Waals surface area contributed by atoms with Crippen LogP contribution in [0.5, 0.6) is 0 Å². The van der Waals surface area contributed by atoms with Gasteiger partial charge in [0.2, 0.25) is 5.91 Å². The van der Waals surface area contributed by atoms with E-state index in [2.05, 4.69) is 59.3 Å². The summed E-state index contributed by atoms with van der Waals surface area (Å²) in [5.74, 6) is 1.09. The zero-order valence-corrected chi connectivity index (χ0v) is 19.2. The summed E-state index contributed by atoms with van der Waals surface area (Å²) in [7, 11) is 0. The Morgan fingerprint density at radius 3 is 2.52 bits per heavy atom. The van der Waals surface area contributed by atoms with Crippen molar-refractivity contribution in [2.75, 3.05) is 6.54 Å². The third-order valence-corrected chi connectivity index (χ3v) is 5.93. The van der Waals surface area contributed by atoms with E-state index in [4.69, 9.17) is 4.98 Å². The fraction of sp³-hybridized carbons (Fsp3) is 0.241. The molecule has 1 heterocycles. The quantitative estimate of drug-likeness (QED) is 0.247. The van der Waals surface area contributed by atoms with Gasteiger partial charge in [-0.15, -0.1) is 0 Å². The number of hydrogen-bond acceptors (Lipinski definition) is 2. The summed E-state index contributed by atoms with van der Waals surface area (Å²) in [6.07, 6.45) is 7.44. The minimum Gasteiger partial charge on any atom is -0.353 e. The van der Waals surface area contributed by atoms with Gasteiger partial charge in [0, 0.05) is 25.6 Å². The molecule has 4 nitrogen and oxygen atoms in total. The number of nitrogens with zero attached hydrogens (tertiary/aromatic N) is 2. The Balaban J connectivity index is 1.28. The largest absolute Gasteiger partial charge is 0.353 e. The molecule has 0 saturated carbocycles. The summed E-state index contributed by atoms with van der Waals surface area (Å²) in [6.45, 7) is 3.70. The highest BCUT2D eigenvalue weighted by Crippen LogP contribution is 2.20. The Labute approximate surface area is 196 Å². The number of para-hydroxylation sites is 2. The van der Waals surface area contributed by atoms with Crippen molar-refractivity contribution in [1.82, 2.24) is 14.9 Å². The topological polar surface area (TPSA) is 46.9 Å². The number of hydrogen-bond donors (Lipinski definition) is 1. The standard InChI is InChI=1S/C29H31N3O/c1-23-12-7-8-15-25(23)22-32-27-17-10-9-16-26(27)31-28(32)18-6-3-11-21-30-29(33)20-19-24-13-4-2-5-14-24/h2,4-5,7-10,12-17,19-20H,3,6,11,18,21-22H2,1H3,(H,30,33)/b20-19+. The Hall–Kier alpha value is -3.66. The predicted octanol–water partition coefficient (Wildman–Crippen LogP) is 5.94. The summed E-state index contributed by atoms with van der Waals surface area (Å²) in [5, 5.41) is 2.98. The maximum absolute atomic E-state index is 12.0. The van der Waals surface area contributed by atoms with E-state index in [9.17, 15) is 4.79 Å². The van der Waals surface area contributed by atoms with Gasteiger partial charge in [-0.25, -0.2) is 4.98 Å². The Bertz CT molecular complexity index is 1220. The van der Waals surface area contributed by atoms with Crippen LogP contribution in [0.3, 0.4) is 0 Å². The van der Waals surface area contributed by atoms with Gasteiger partial charge in [-0.3, -0.25) is 4.79 Å². The lowest BCUT2D eigenvalue weighted by atomic mass is 10.1. The number of rotatable bonds is 10. The average molecular weight is 438 g/mol. The molecular weight excluding hydrogens is 406 g/mol. The average Bonchev–Trinajstić information content (AvgIpc) is 3.19. The summed E-state index contributed by atoms with van der Waals surface area (Å²) < 4.78 is 2.35. The molecular formula is C29H31N3O. The number of fused-ring (bicyclic) bond motifs is 1. The first-order valence-electron chi connectivity index (χ1n) is 11.7.